The van der Waals surface area contributed by atoms with Gasteiger partial charge in [0, 0.05) is 23.0 Å². The second-order valence-corrected chi connectivity index (χ2v) is 8.27. The maximum absolute atomic E-state index is 12.0. The number of para-hydroxylation sites is 1. The molecule has 0 fully saturated rings. The summed E-state index contributed by atoms with van der Waals surface area (Å²) in [5.74, 6) is 0. The first kappa shape index (κ1) is 18.2. The van der Waals surface area contributed by atoms with E-state index in [1.54, 1.807) is 17.4 Å². The van der Waals surface area contributed by atoms with Gasteiger partial charge in [0.1, 0.15) is 10.6 Å². The van der Waals surface area contributed by atoms with Crippen LogP contribution in [0.4, 0.5) is 0 Å². The van der Waals surface area contributed by atoms with E-state index < -0.39 is 0 Å². The summed E-state index contributed by atoms with van der Waals surface area (Å²) in [5, 5.41) is 2.59. The Kier molecular flexibility index (Phi) is 4.76. The average Bonchev–Trinajstić information content (AvgIpc) is 3.06. The van der Waals surface area contributed by atoms with Gasteiger partial charge in [-0.25, -0.2) is 9.78 Å². The van der Waals surface area contributed by atoms with Gasteiger partial charge in [-0.3, -0.25) is 4.90 Å². The molecule has 6 heteroatoms. The van der Waals surface area contributed by atoms with Crippen LogP contribution in [0.15, 0.2) is 51.7 Å². The summed E-state index contributed by atoms with van der Waals surface area (Å²) in [6.45, 7) is 4.62. The molecule has 2 aromatic carbocycles. The van der Waals surface area contributed by atoms with Gasteiger partial charge in [-0.15, -0.1) is 11.3 Å². The normalized spacial score (nSPS) is 12.9. The van der Waals surface area contributed by atoms with Gasteiger partial charge in [-0.05, 0) is 56.3 Å². The zero-order valence-corrected chi connectivity index (χ0v) is 16.9. The molecule has 0 aliphatic heterocycles. The molecular formula is C21H19ClN2O2S. The maximum Gasteiger partial charge on any atom is 0.336 e. The van der Waals surface area contributed by atoms with E-state index in [-0.39, 0.29) is 11.7 Å². The van der Waals surface area contributed by atoms with Crippen LogP contribution in [0.2, 0.25) is 5.02 Å². The SMILES string of the molecule is Cc1cc2oc(=O)cc(CN(C)[C@H](C)c3nc4ccccc4s3)c2cc1Cl. The molecule has 0 saturated carbocycles. The Hall–Kier alpha value is -2.21. The molecule has 2 aromatic heterocycles. The Morgan fingerprint density at radius 2 is 2.04 bits per heavy atom. The first-order chi connectivity index (χ1) is 12.9. The molecule has 4 aromatic rings. The topological polar surface area (TPSA) is 46.3 Å². The van der Waals surface area contributed by atoms with E-state index >= 15 is 0 Å². The van der Waals surface area contributed by atoms with Crippen LogP contribution in [-0.4, -0.2) is 16.9 Å². The van der Waals surface area contributed by atoms with Gasteiger partial charge in [0.05, 0.1) is 16.3 Å². The molecule has 0 N–H and O–H groups in total. The highest BCUT2D eigenvalue weighted by molar-refractivity contribution is 7.18. The van der Waals surface area contributed by atoms with E-state index in [0.29, 0.717) is 17.2 Å². The largest absolute Gasteiger partial charge is 0.423 e. The fraction of sp³-hybridized carbons (Fsp3) is 0.238. The molecule has 0 saturated heterocycles. The van der Waals surface area contributed by atoms with Crippen LogP contribution < -0.4 is 5.63 Å². The second kappa shape index (κ2) is 7.08. The Balaban J connectivity index is 1.68. The monoisotopic (exact) mass is 398 g/mol. The minimum Gasteiger partial charge on any atom is -0.423 e. The number of fused-ring (bicyclic) bond motifs is 2. The molecule has 4 nitrogen and oxygen atoms in total. The van der Waals surface area contributed by atoms with Crippen LogP contribution in [0.5, 0.6) is 0 Å². The van der Waals surface area contributed by atoms with Crippen molar-refractivity contribution in [3.05, 3.63) is 74.0 Å². The lowest BCUT2D eigenvalue weighted by Gasteiger charge is -2.23. The summed E-state index contributed by atoms with van der Waals surface area (Å²) >= 11 is 8.00. The smallest absolute Gasteiger partial charge is 0.336 e. The van der Waals surface area contributed by atoms with Crippen molar-refractivity contribution in [2.75, 3.05) is 7.05 Å². The van der Waals surface area contributed by atoms with Gasteiger partial charge in [-0.1, -0.05) is 23.7 Å². The maximum atomic E-state index is 12.0. The first-order valence-electron chi connectivity index (χ1n) is 8.71. The molecule has 0 unspecified atom stereocenters. The van der Waals surface area contributed by atoms with Crippen molar-refractivity contribution in [2.24, 2.45) is 0 Å². The van der Waals surface area contributed by atoms with Crippen molar-refractivity contribution in [1.29, 1.82) is 0 Å². The van der Waals surface area contributed by atoms with Crippen LogP contribution in [0, 0.1) is 6.92 Å². The van der Waals surface area contributed by atoms with Crippen LogP contribution in [-0.2, 0) is 6.54 Å². The lowest BCUT2D eigenvalue weighted by atomic mass is 10.1. The van der Waals surface area contributed by atoms with Crippen molar-refractivity contribution < 1.29 is 4.42 Å². The molecule has 27 heavy (non-hydrogen) atoms. The summed E-state index contributed by atoms with van der Waals surface area (Å²) in [6.07, 6.45) is 0. The van der Waals surface area contributed by atoms with Gasteiger partial charge in [0.25, 0.3) is 0 Å². The van der Waals surface area contributed by atoms with Gasteiger partial charge in [0.15, 0.2) is 0 Å². The summed E-state index contributed by atoms with van der Waals surface area (Å²) in [5.41, 5.74) is 3.03. The van der Waals surface area contributed by atoms with E-state index in [1.807, 2.05) is 44.3 Å². The average molecular weight is 399 g/mol. The lowest BCUT2D eigenvalue weighted by molar-refractivity contribution is 0.253. The zero-order chi connectivity index (χ0) is 19.1. The molecule has 0 radical (unpaired) electrons. The number of hydrogen-bond acceptors (Lipinski definition) is 5. The van der Waals surface area contributed by atoms with Crippen molar-refractivity contribution in [3.63, 3.8) is 0 Å². The van der Waals surface area contributed by atoms with Gasteiger partial charge in [0.2, 0.25) is 0 Å². The van der Waals surface area contributed by atoms with Gasteiger partial charge >= 0.3 is 5.63 Å². The Morgan fingerprint density at radius 1 is 1.26 bits per heavy atom. The van der Waals surface area contributed by atoms with Crippen molar-refractivity contribution in [1.82, 2.24) is 9.88 Å². The molecule has 0 spiro atoms. The van der Waals surface area contributed by atoms with Gasteiger partial charge in [-0.2, -0.15) is 0 Å². The van der Waals surface area contributed by atoms with E-state index in [9.17, 15) is 4.79 Å². The van der Waals surface area contributed by atoms with Crippen molar-refractivity contribution in [2.45, 2.75) is 26.4 Å². The minimum atomic E-state index is -0.347. The number of aromatic nitrogens is 1. The molecule has 0 bridgehead atoms. The highest BCUT2D eigenvalue weighted by Gasteiger charge is 2.18. The third kappa shape index (κ3) is 3.50. The summed E-state index contributed by atoms with van der Waals surface area (Å²) in [6, 6.07) is 13.5. The highest BCUT2D eigenvalue weighted by atomic mass is 35.5. The number of rotatable bonds is 4. The molecule has 138 valence electrons. The third-order valence-corrected chi connectivity index (χ3v) is 6.47. The minimum absolute atomic E-state index is 0.116. The molecular weight excluding hydrogens is 380 g/mol. The number of halogens is 1. The Morgan fingerprint density at radius 3 is 2.81 bits per heavy atom. The van der Waals surface area contributed by atoms with Gasteiger partial charge < -0.3 is 4.42 Å². The highest BCUT2D eigenvalue weighted by Crippen LogP contribution is 2.31. The van der Waals surface area contributed by atoms with Crippen molar-refractivity contribution >= 4 is 44.1 Å². The Bertz CT molecular complexity index is 1160. The fourth-order valence-corrected chi connectivity index (χ4v) is 4.39. The summed E-state index contributed by atoms with van der Waals surface area (Å²) < 4.78 is 6.54. The fourth-order valence-electron chi connectivity index (χ4n) is 3.14. The molecule has 2 heterocycles. The van der Waals surface area contributed by atoms with E-state index in [0.717, 1.165) is 27.0 Å². The van der Waals surface area contributed by atoms with E-state index in [1.165, 1.54) is 4.70 Å². The predicted octanol–water partition coefficient (Wildman–Crippen LogP) is 5.56. The zero-order valence-electron chi connectivity index (χ0n) is 15.3. The molecule has 0 aliphatic carbocycles. The van der Waals surface area contributed by atoms with E-state index in [4.69, 9.17) is 21.0 Å². The number of benzene rings is 2. The number of aryl methyl sites for hydroxylation is 1. The Labute approximate surface area is 166 Å². The quantitative estimate of drug-likeness (QED) is 0.422. The summed E-state index contributed by atoms with van der Waals surface area (Å²) in [7, 11) is 2.03. The lowest BCUT2D eigenvalue weighted by Crippen LogP contribution is -2.22. The molecule has 4 rings (SSSR count). The van der Waals surface area contributed by atoms with Crippen LogP contribution in [0.1, 0.15) is 29.1 Å². The van der Waals surface area contributed by atoms with Crippen LogP contribution in [0.25, 0.3) is 21.2 Å². The van der Waals surface area contributed by atoms with Crippen LogP contribution >= 0.6 is 22.9 Å². The first-order valence-corrected chi connectivity index (χ1v) is 9.90. The molecule has 0 aliphatic rings. The van der Waals surface area contributed by atoms with Crippen LogP contribution in [0.3, 0.4) is 0 Å². The van der Waals surface area contributed by atoms with Crippen molar-refractivity contribution in [3.8, 4) is 0 Å². The number of thiazole rings is 1. The van der Waals surface area contributed by atoms with E-state index in [2.05, 4.69) is 17.9 Å². The third-order valence-electron chi connectivity index (χ3n) is 4.86. The molecule has 1 atom stereocenters. The number of hydrogen-bond donors (Lipinski definition) is 0. The predicted molar refractivity (Wildman–Crippen MR) is 112 cm³/mol. The second-order valence-electron chi connectivity index (χ2n) is 6.80. The standard InChI is InChI=1S/C21H19ClN2O2S/c1-12-8-18-15(10-16(12)22)14(9-20(25)26-18)11-24(3)13(2)21-23-17-6-4-5-7-19(17)27-21/h4-10,13H,11H2,1-3H3/t13-/m1/s1. The molecule has 0 amide bonds. The summed E-state index contributed by atoms with van der Waals surface area (Å²) in [4.78, 5) is 18.9. The number of nitrogens with zero attached hydrogens (tertiary/aromatic N) is 2.